The number of aromatic nitrogens is 1. The number of hydrogen-bond acceptors (Lipinski definition) is 2. The van der Waals surface area contributed by atoms with Crippen molar-refractivity contribution in [2.45, 2.75) is 20.8 Å². The van der Waals surface area contributed by atoms with Crippen molar-refractivity contribution in [2.24, 2.45) is 0 Å². The molecule has 0 aliphatic heterocycles. The fraction of sp³-hybridized carbons (Fsp3) is 0.308. The van der Waals surface area contributed by atoms with Gasteiger partial charge in [0, 0.05) is 6.20 Å². The van der Waals surface area contributed by atoms with Gasteiger partial charge in [0.25, 0.3) is 0 Å². The van der Waals surface area contributed by atoms with Crippen LogP contribution in [0.5, 0.6) is 0 Å². The van der Waals surface area contributed by atoms with Crippen LogP contribution in [-0.4, -0.2) is 18.1 Å². The largest absolute Gasteiger partial charge is 0.465 e. The fourth-order valence-corrected chi connectivity index (χ4v) is 1.25. The standard InChI is InChI=1S/C11H13NO2.C2H6/c1-4-8-6-7-12-10(8)9(5-2)11(13)14-3;1-2/h4-7,12H,2H2,1,3H3;1-2H3/b8-4-,10-9-;. The van der Waals surface area contributed by atoms with E-state index in [0.29, 0.717) is 5.57 Å². The highest BCUT2D eigenvalue weighted by Gasteiger charge is 2.06. The number of carbonyl (C=O) groups is 1. The number of carbonyl (C=O) groups excluding carboxylic acids is 1. The van der Waals surface area contributed by atoms with E-state index in [9.17, 15) is 4.79 Å². The zero-order valence-electron chi connectivity index (χ0n) is 10.3. The Morgan fingerprint density at radius 1 is 1.50 bits per heavy atom. The lowest BCUT2D eigenvalue weighted by atomic mass is 10.2. The number of H-pyrrole nitrogens is 1. The number of esters is 1. The summed E-state index contributed by atoms with van der Waals surface area (Å²) >= 11 is 0. The summed E-state index contributed by atoms with van der Waals surface area (Å²) in [5.74, 6) is -0.384. The summed E-state index contributed by atoms with van der Waals surface area (Å²) in [7, 11) is 1.35. The van der Waals surface area contributed by atoms with Gasteiger partial charge in [-0.05, 0) is 18.2 Å². The van der Waals surface area contributed by atoms with E-state index >= 15 is 0 Å². The fourth-order valence-electron chi connectivity index (χ4n) is 1.25. The van der Waals surface area contributed by atoms with Gasteiger partial charge in [0.05, 0.1) is 18.0 Å². The van der Waals surface area contributed by atoms with E-state index in [0.717, 1.165) is 10.6 Å². The van der Waals surface area contributed by atoms with Crippen LogP contribution in [0.25, 0.3) is 11.6 Å². The summed E-state index contributed by atoms with van der Waals surface area (Å²) in [5, 5.41) is 1.71. The number of ether oxygens (including phenoxy) is 1. The smallest absolute Gasteiger partial charge is 0.339 e. The van der Waals surface area contributed by atoms with E-state index in [1.54, 1.807) is 6.20 Å². The molecule has 0 aromatic carbocycles. The first-order valence-electron chi connectivity index (χ1n) is 5.29. The molecule has 0 aliphatic carbocycles. The summed E-state index contributed by atoms with van der Waals surface area (Å²) in [6, 6.07) is 1.89. The van der Waals surface area contributed by atoms with Crippen LogP contribution >= 0.6 is 0 Å². The van der Waals surface area contributed by atoms with E-state index in [4.69, 9.17) is 0 Å². The Hall–Kier alpha value is -1.77. The van der Waals surface area contributed by atoms with Gasteiger partial charge in [0.1, 0.15) is 0 Å². The van der Waals surface area contributed by atoms with Crippen LogP contribution < -0.4 is 10.6 Å². The number of rotatable bonds is 2. The van der Waals surface area contributed by atoms with Crippen LogP contribution in [0.1, 0.15) is 20.8 Å². The lowest BCUT2D eigenvalue weighted by Gasteiger charge is -1.97. The molecule has 0 aliphatic rings. The molecule has 3 nitrogen and oxygen atoms in total. The van der Waals surface area contributed by atoms with E-state index in [1.807, 2.05) is 32.9 Å². The quantitative estimate of drug-likeness (QED) is 0.766. The number of aromatic amines is 1. The lowest BCUT2D eigenvalue weighted by Crippen LogP contribution is -2.27. The molecular formula is C13H19NO2. The zero-order valence-corrected chi connectivity index (χ0v) is 10.3. The molecule has 1 aromatic rings. The molecule has 1 N–H and O–H groups in total. The molecule has 0 amide bonds. The average Bonchev–Trinajstić information content (AvgIpc) is 2.80. The maximum absolute atomic E-state index is 11.3. The number of hydrogen-bond donors (Lipinski definition) is 1. The van der Waals surface area contributed by atoms with Crippen molar-refractivity contribution in [1.29, 1.82) is 0 Å². The second kappa shape index (κ2) is 7.51. The van der Waals surface area contributed by atoms with Crippen molar-refractivity contribution in [1.82, 2.24) is 4.98 Å². The minimum absolute atomic E-state index is 0.384. The van der Waals surface area contributed by atoms with Crippen LogP contribution in [0.4, 0.5) is 0 Å². The third-order valence-corrected chi connectivity index (χ3v) is 1.97. The van der Waals surface area contributed by atoms with Gasteiger partial charge in [-0.15, -0.1) is 0 Å². The predicted octanol–water partition coefficient (Wildman–Crippen LogP) is 1.35. The highest BCUT2D eigenvalue weighted by Crippen LogP contribution is 1.95. The van der Waals surface area contributed by atoms with E-state index in [2.05, 4.69) is 16.3 Å². The van der Waals surface area contributed by atoms with Gasteiger partial charge in [0.2, 0.25) is 0 Å². The van der Waals surface area contributed by atoms with Crippen molar-refractivity contribution in [2.75, 3.05) is 7.11 Å². The first-order valence-corrected chi connectivity index (χ1v) is 5.29. The normalized spacial score (nSPS) is 12.4. The Labute approximate surface area is 96.1 Å². The van der Waals surface area contributed by atoms with E-state index < -0.39 is 0 Å². The van der Waals surface area contributed by atoms with Crippen LogP contribution in [0.3, 0.4) is 0 Å². The van der Waals surface area contributed by atoms with Crippen molar-refractivity contribution >= 4 is 17.6 Å². The minimum Gasteiger partial charge on any atom is -0.465 e. The molecule has 1 aromatic heterocycles. The Bertz CT molecular complexity index is 455. The molecule has 16 heavy (non-hydrogen) atoms. The third-order valence-electron chi connectivity index (χ3n) is 1.97. The van der Waals surface area contributed by atoms with E-state index in [1.165, 1.54) is 13.2 Å². The maximum Gasteiger partial charge on any atom is 0.339 e. The Balaban J connectivity index is 0.00000106. The molecule has 0 spiro atoms. The lowest BCUT2D eigenvalue weighted by molar-refractivity contribution is -0.133. The zero-order chi connectivity index (χ0) is 12.6. The molecule has 0 saturated carbocycles. The maximum atomic E-state index is 11.3. The van der Waals surface area contributed by atoms with Gasteiger partial charge < -0.3 is 9.72 Å². The van der Waals surface area contributed by atoms with Crippen molar-refractivity contribution in [3.8, 4) is 0 Å². The van der Waals surface area contributed by atoms with Gasteiger partial charge in [0.15, 0.2) is 0 Å². The summed E-state index contributed by atoms with van der Waals surface area (Å²) in [4.78, 5) is 14.3. The Kier molecular flexibility index (Phi) is 6.68. The molecule has 0 bridgehead atoms. The number of nitrogens with one attached hydrogen (secondary N) is 1. The second-order valence-electron chi connectivity index (χ2n) is 2.71. The highest BCUT2D eigenvalue weighted by atomic mass is 16.5. The predicted molar refractivity (Wildman–Crippen MR) is 67.2 cm³/mol. The molecule has 0 saturated heterocycles. The highest BCUT2D eigenvalue weighted by molar-refractivity contribution is 6.13. The summed E-state index contributed by atoms with van der Waals surface area (Å²) in [5.41, 5.74) is 0.450. The first-order chi connectivity index (χ1) is 7.74. The van der Waals surface area contributed by atoms with Crippen LogP contribution in [0.15, 0.2) is 24.9 Å². The minimum atomic E-state index is -0.384. The van der Waals surface area contributed by atoms with Gasteiger partial charge in [-0.1, -0.05) is 32.6 Å². The molecule has 0 radical (unpaired) electrons. The van der Waals surface area contributed by atoms with Gasteiger partial charge in [-0.25, -0.2) is 4.79 Å². The SMILES string of the molecule is C=C/C(C(=O)OC)=c1/[nH]cc/c1=C/C.CC. The van der Waals surface area contributed by atoms with Crippen LogP contribution in [0.2, 0.25) is 0 Å². The van der Waals surface area contributed by atoms with Gasteiger partial charge in [-0.2, -0.15) is 0 Å². The molecule has 0 atom stereocenters. The molecule has 1 rings (SSSR count). The van der Waals surface area contributed by atoms with Gasteiger partial charge in [-0.3, -0.25) is 0 Å². The molecule has 3 heteroatoms. The summed E-state index contributed by atoms with van der Waals surface area (Å²) in [6.07, 6.45) is 5.18. The summed E-state index contributed by atoms with van der Waals surface area (Å²) in [6.45, 7) is 9.50. The molecule has 0 fully saturated rings. The third kappa shape index (κ3) is 3.12. The Morgan fingerprint density at radius 3 is 2.56 bits per heavy atom. The van der Waals surface area contributed by atoms with Crippen molar-refractivity contribution in [3.63, 3.8) is 0 Å². The molecule has 88 valence electrons. The van der Waals surface area contributed by atoms with Crippen molar-refractivity contribution < 1.29 is 9.53 Å². The second-order valence-corrected chi connectivity index (χ2v) is 2.71. The molecule has 1 heterocycles. The summed E-state index contributed by atoms with van der Waals surface area (Å²) < 4.78 is 4.65. The topological polar surface area (TPSA) is 42.1 Å². The first kappa shape index (κ1) is 14.2. The number of methoxy groups -OCH3 is 1. The average molecular weight is 221 g/mol. The molecular weight excluding hydrogens is 202 g/mol. The Morgan fingerprint density at radius 2 is 2.12 bits per heavy atom. The van der Waals surface area contributed by atoms with Crippen LogP contribution in [0, 0.1) is 0 Å². The molecule has 0 unspecified atom stereocenters. The van der Waals surface area contributed by atoms with Crippen LogP contribution in [-0.2, 0) is 9.53 Å². The van der Waals surface area contributed by atoms with E-state index in [-0.39, 0.29) is 5.97 Å². The monoisotopic (exact) mass is 221 g/mol. The van der Waals surface area contributed by atoms with Gasteiger partial charge >= 0.3 is 5.97 Å². The van der Waals surface area contributed by atoms with Crippen molar-refractivity contribution in [3.05, 3.63) is 35.5 Å².